The molecule has 190 valence electrons. The molecule has 7 nitrogen and oxygen atoms in total. The number of carbonyl (C=O) groups is 3. The monoisotopic (exact) mass is 522 g/mol. The van der Waals surface area contributed by atoms with Gasteiger partial charge in [-0.15, -0.1) is 11.8 Å². The van der Waals surface area contributed by atoms with Crippen molar-refractivity contribution in [3.8, 4) is 0 Å². The Morgan fingerprint density at radius 3 is 2.32 bits per heavy atom. The van der Waals surface area contributed by atoms with E-state index in [1.165, 1.54) is 11.8 Å². The highest BCUT2D eigenvalue weighted by molar-refractivity contribution is 8.00. The summed E-state index contributed by atoms with van der Waals surface area (Å²) in [7, 11) is 0. The molecule has 0 saturated heterocycles. The molecule has 3 N–H and O–H groups in total. The molecule has 0 aliphatic heterocycles. The summed E-state index contributed by atoms with van der Waals surface area (Å²) in [5, 5.41) is 8.33. The number of carbonyl (C=O) groups excluding carboxylic acids is 3. The fourth-order valence-electron chi connectivity index (χ4n) is 3.47. The van der Waals surface area contributed by atoms with Crippen LogP contribution in [-0.4, -0.2) is 28.5 Å². The molecule has 38 heavy (non-hydrogen) atoms. The Morgan fingerprint density at radius 2 is 1.61 bits per heavy atom. The molecular weight excluding hydrogens is 496 g/mol. The van der Waals surface area contributed by atoms with E-state index in [9.17, 15) is 14.4 Å². The molecule has 1 heterocycles. The van der Waals surface area contributed by atoms with Gasteiger partial charge in [0.2, 0.25) is 5.91 Å². The second kappa shape index (κ2) is 13.0. The van der Waals surface area contributed by atoms with Crippen molar-refractivity contribution < 1.29 is 14.4 Å². The number of benzene rings is 3. The summed E-state index contributed by atoms with van der Waals surface area (Å²) < 4.78 is 0. The topological polar surface area (TPSA) is 100 Å². The number of hydrogen-bond acceptors (Lipinski definition) is 5. The molecule has 4 aromatic rings. The van der Waals surface area contributed by atoms with Crippen LogP contribution in [0.1, 0.15) is 21.5 Å². The second-order valence-corrected chi connectivity index (χ2v) is 9.37. The summed E-state index contributed by atoms with van der Waals surface area (Å²) in [5.74, 6) is -0.269. The van der Waals surface area contributed by atoms with Gasteiger partial charge in [-0.3, -0.25) is 14.4 Å². The Kier molecular flexibility index (Phi) is 9.04. The summed E-state index contributed by atoms with van der Waals surface area (Å²) in [6, 6.07) is 28.8. The lowest BCUT2D eigenvalue weighted by atomic mass is 10.1. The minimum atomic E-state index is -0.453. The van der Waals surface area contributed by atoms with Crippen molar-refractivity contribution in [1.29, 1.82) is 0 Å². The number of rotatable bonds is 9. The Morgan fingerprint density at radius 1 is 0.842 bits per heavy atom. The van der Waals surface area contributed by atoms with Crippen molar-refractivity contribution in [2.24, 2.45) is 0 Å². The van der Waals surface area contributed by atoms with E-state index < -0.39 is 5.91 Å². The standard InChI is InChI=1S/C30H26N4O3S/c1-21-8-7-9-22(18-21)19-26(33-29(36)23-10-3-2-4-11-23)30(37)32-24-13-15-25(16-14-24)38-20-28(35)34-27-12-5-6-17-31-27/h2-19H,20H2,1H3,(H,32,37)(H,33,36)(H,31,34,35)/b26-19-. The molecule has 1 aromatic heterocycles. The molecule has 0 fully saturated rings. The SMILES string of the molecule is Cc1cccc(/C=C(\NC(=O)c2ccccc2)C(=O)Nc2ccc(SCC(=O)Nc3ccccn3)cc2)c1. The predicted octanol–water partition coefficient (Wildman–Crippen LogP) is 5.53. The van der Waals surface area contributed by atoms with Crippen LogP contribution < -0.4 is 16.0 Å². The maximum absolute atomic E-state index is 13.2. The van der Waals surface area contributed by atoms with E-state index in [4.69, 9.17) is 0 Å². The van der Waals surface area contributed by atoms with Crippen molar-refractivity contribution in [3.63, 3.8) is 0 Å². The number of hydrogen-bond donors (Lipinski definition) is 3. The van der Waals surface area contributed by atoms with Crippen molar-refractivity contribution in [1.82, 2.24) is 10.3 Å². The first-order chi connectivity index (χ1) is 18.5. The fourth-order valence-corrected chi connectivity index (χ4v) is 4.16. The Bertz CT molecular complexity index is 1440. The maximum atomic E-state index is 13.2. The van der Waals surface area contributed by atoms with Crippen molar-refractivity contribution in [3.05, 3.63) is 126 Å². The van der Waals surface area contributed by atoms with Crippen LogP contribution in [0, 0.1) is 6.92 Å². The van der Waals surface area contributed by atoms with Crippen LogP contribution in [0.4, 0.5) is 11.5 Å². The highest BCUT2D eigenvalue weighted by Crippen LogP contribution is 2.21. The number of thioether (sulfide) groups is 1. The molecule has 8 heteroatoms. The zero-order valence-corrected chi connectivity index (χ0v) is 21.5. The zero-order chi connectivity index (χ0) is 26.7. The Balaban J connectivity index is 1.41. The third kappa shape index (κ3) is 7.91. The lowest BCUT2D eigenvalue weighted by Crippen LogP contribution is -2.30. The van der Waals surface area contributed by atoms with Gasteiger partial charge in [0.15, 0.2) is 0 Å². The molecule has 0 saturated carbocycles. The quantitative estimate of drug-likeness (QED) is 0.198. The number of nitrogens with zero attached hydrogens (tertiary/aromatic N) is 1. The van der Waals surface area contributed by atoms with Gasteiger partial charge in [-0.05, 0) is 67.1 Å². The fraction of sp³-hybridized carbons (Fsp3) is 0.0667. The molecule has 3 aromatic carbocycles. The third-order valence-electron chi connectivity index (χ3n) is 5.30. The van der Waals surface area contributed by atoms with Crippen LogP contribution in [0.3, 0.4) is 0 Å². The molecule has 0 atom stereocenters. The van der Waals surface area contributed by atoms with Crippen LogP contribution in [-0.2, 0) is 9.59 Å². The van der Waals surface area contributed by atoms with Gasteiger partial charge in [-0.2, -0.15) is 0 Å². The minimum absolute atomic E-state index is 0.120. The van der Waals surface area contributed by atoms with Crippen LogP contribution in [0.2, 0.25) is 0 Å². The summed E-state index contributed by atoms with van der Waals surface area (Å²) in [5.41, 5.74) is 2.95. The zero-order valence-electron chi connectivity index (χ0n) is 20.7. The van der Waals surface area contributed by atoms with Crippen molar-refractivity contribution >= 4 is 47.1 Å². The molecule has 0 aliphatic carbocycles. The number of pyridine rings is 1. The Hall–Kier alpha value is -4.69. The predicted molar refractivity (Wildman–Crippen MR) is 152 cm³/mol. The molecule has 0 aliphatic rings. The first-order valence-corrected chi connectivity index (χ1v) is 12.8. The number of aromatic nitrogens is 1. The summed E-state index contributed by atoms with van der Waals surface area (Å²) in [6.07, 6.45) is 3.26. The molecule has 0 radical (unpaired) electrons. The summed E-state index contributed by atoms with van der Waals surface area (Å²) >= 11 is 1.37. The normalized spacial score (nSPS) is 10.9. The van der Waals surface area contributed by atoms with Gasteiger partial charge in [0, 0.05) is 22.3 Å². The molecule has 3 amide bonds. The number of anilines is 2. The average molecular weight is 523 g/mol. The lowest BCUT2D eigenvalue weighted by Gasteiger charge is -2.12. The average Bonchev–Trinajstić information content (AvgIpc) is 2.93. The molecule has 0 spiro atoms. The van der Waals surface area contributed by atoms with E-state index in [0.29, 0.717) is 17.1 Å². The molecular formula is C30H26N4O3S. The Labute approximate surface area is 225 Å². The largest absolute Gasteiger partial charge is 0.321 e. The highest BCUT2D eigenvalue weighted by atomic mass is 32.2. The van der Waals surface area contributed by atoms with Crippen LogP contribution in [0.15, 0.2) is 114 Å². The van der Waals surface area contributed by atoms with E-state index in [1.54, 1.807) is 66.9 Å². The summed E-state index contributed by atoms with van der Waals surface area (Å²) in [6.45, 7) is 1.96. The molecule has 0 bridgehead atoms. The molecule has 0 unspecified atom stereocenters. The van der Waals surface area contributed by atoms with Crippen LogP contribution in [0.25, 0.3) is 6.08 Å². The summed E-state index contributed by atoms with van der Waals surface area (Å²) in [4.78, 5) is 43.1. The van der Waals surface area contributed by atoms with Crippen molar-refractivity contribution in [2.75, 3.05) is 16.4 Å². The minimum Gasteiger partial charge on any atom is -0.321 e. The van der Waals surface area contributed by atoms with Gasteiger partial charge >= 0.3 is 0 Å². The van der Waals surface area contributed by atoms with E-state index in [1.807, 2.05) is 49.4 Å². The van der Waals surface area contributed by atoms with Gasteiger partial charge in [0.25, 0.3) is 11.8 Å². The lowest BCUT2D eigenvalue weighted by molar-refractivity contribution is -0.114. The van der Waals surface area contributed by atoms with Gasteiger partial charge in [0.05, 0.1) is 5.75 Å². The van der Waals surface area contributed by atoms with Crippen LogP contribution >= 0.6 is 11.8 Å². The maximum Gasteiger partial charge on any atom is 0.272 e. The highest BCUT2D eigenvalue weighted by Gasteiger charge is 2.15. The van der Waals surface area contributed by atoms with Gasteiger partial charge in [-0.25, -0.2) is 4.98 Å². The van der Waals surface area contributed by atoms with E-state index in [2.05, 4.69) is 20.9 Å². The second-order valence-electron chi connectivity index (χ2n) is 8.32. The van der Waals surface area contributed by atoms with Gasteiger partial charge in [-0.1, -0.05) is 54.1 Å². The first-order valence-electron chi connectivity index (χ1n) is 11.9. The number of nitrogens with one attached hydrogen (secondary N) is 3. The van der Waals surface area contributed by atoms with E-state index in [0.717, 1.165) is 16.0 Å². The van der Waals surface area contributed by atoms with Gasteiger partial charge < -0.3 is 16.0 Å². The number of aryl methyl sites for hydroxylation is 1. The first kappa shape index (κ1) is 26.4. The van der Waals surface area contributed by atoms with E-state index >= 15 is 0 Å². The van der Waals surface area contributed by atoms with Crippen LogP contribution in [0.5, 0.6) is 0 Å². The number of amides is 3. The smallest absolute Gasteiger partial charge is 0.272 e. The third-order valence-corrected chi connectivity index (χ3v) is 6.31. The van der Waals surface area contributed by atoms with Gasteiger partial charge in [0.1, 0.15) is 11.5 Å². The van der Waals surface area contributed by atoms with E-state index in [-0.39, 0.29) is 23.3 Å². The molecule has 4 rings (SSSR count). The van der Waals surface area contributed by atoms with Crippen molar-refractivity contribution in [2.45, 2.75) is 11.8 Å².